The highest BCUT2D eigenvalue weighted by atomic mass is 35.5. The largest absolute Gasteiger partial charge is 0.385 e. The van der Waals surface area contributed by atoms with Crippen LogP contribution in [0.15, 0.2) is 28.5 Å². The lowest BCUT2D eigenvalue weighted by Crippen LogP contribution is -2.34. The van der Waals surface area contributed by atoms with E-state index in [0.29, 0.717) is 17.7 Å². The standard InChI is InChI=1S/C20H32ClN3O2/c1-3-4-7-19(18(17-8-9-17)14-23-16(2)21)22-10-5-11-24-12-6-13-26-15-20(24)25/h7,14,17,22H,3-6,8-13,15H2,1-2H3/b18-14-,19-7-,23-16?. The number of carbonyl (C=O) groups excluding carboxylic acids is 1. The van der Waals surface area contributed by atoms with E-state index in [1.807, 2.05) is 11.1 Å². The van der Waals surface area contributed by atoms with Gasteiger partial charge >= 0.3 is 0 Å². The SMILES string of the molecule is CCC/C=C(NCCCN1CCCOCC1=O)/C(=C\N=C(C)Cl)C1CC1. The van der Waals surface area contributed by atoms with Crippen LogP contribution in [0.1, 0.15) is 52.4 Å². The van der Waals surface area contributed by atoms with E-state index in [4.69, 9.17) is 16.3 Å². The van der Waals surface area contributed by atoms with Gasteiger partial charge in [0.05, 0.1) is 0 Å². The van der Waals surface area contributed by atoms with Crippen molar-refractivity contribution in [2.45, 2.75) is 52.4 Å². The van der Waals surface area contributed by atoms with E-state index < -0.39 is 0 Å². The molecule has 146 valence electrons. The average molecular weight is 382 g/mol. The molecule has 1 heterocycles. The minimum absolute atomic E-state index is 0.106. The highest BCUT2D eigenvalue weighted by Crippen LogP contribution is 2.39. The summed E-state index contributed by atoms with van der Waals surface area (Å²) >= 11 is 5.91. The number of unbranched alkanes of at least 4 members (excludes halogenated alkanes) is 1. The maximum absolute atomic E-state index is 12.0. The molecule has 0 aromatic carbocycles. The molecule has 26 heavy (non-hydrogen) atoms. The molecule has 2 rings (SSSR count). The van der Waals surface area contributed by atoms with Crippen molar-refractivity contribution in [3.8, 4) is 0 Å². The third-order valence-corrected chi connectivity index (χ3v) is 4.66. The number of carbonyl (C=O) groups is 1. The third-order valence-electron chi connectivity index (χ3n) is 4.56. The molecule has 5 nitrogen and oxygen atoms in total. The van der Waals surface area contributed by atoms with Crippen molar-refractivity contribution < 1.29 is 9.53 Å². The smallest absolute Gasteiger partial charge is 0.248 e. The van der Waals surface area contributed by atoms with Gasteiger partial charge < -0.3 is 15.0 Å². The quantitative estimate of drug-likeness (QED) is 0.355. The second-order valence-electron chi connectivity index (χ2n) is 6.96. The lowest BCUT2D eigenvalue weighted by atomic mass is 10.1. The van der Waals surface area contributed by atoms with E-state index >= 15 is 0 Å². The summed E-state index contributed by atoms with van der Waals surface area (Å²) in [5.74, 6) is 0.699. The Bertz CT molecular complexity index is 549. The van der Waals surface area contributed by atoms with Crippen LogP contribution in [-0.4, -0.2) is 48.8 Å². The fraction of sp³-hybridized carbons (Fsp3) is 0.700. The van der Waals surface area contributed by atoms with Crippen LogP contribution in [0.4, 0.5) is 0 Å². The molecule has 0 aromatic heterocycles. The monoisotopic (exact) mass is 381 g/mol. The number of allylic oxidation sites excluding steroid dienone is 2. The van der Waals surface area contributed by atoms with Crippen molar-refractivity contribution in [1.82, 2.24) is 10.2 Å². The topological polar surface area (TPSA) is 53.9 Å². The molecule has 0 unspecified atom stereocenters. The maximum Gasteiger partial charge on any atom is 0.248 e. The number of halogens is 1. The molecule has 1 saturated heterocycles. The van der Waals surface area contributed by atoms with Gasteiger partial charge in [0.15, 0.2) is 0 Å². The van der Waals surface area contributed by atoms with E-state index in [2.05, 4.69) is 23.3 Å². The van der Waals surface area contributed by atoms with Crippen molar-refractivity contribution >= 4 is 22.7 Å². The Labute approximate surface area is 162 Å². The number of hydrogen-bond donors (Lipinski definition) is 1. The zero-order valence-electron chi connectivity index (χ0n) is 16.1. The molecule has 0 spiro atoms. The fourth-order valence-electron chi connectivity index (χ4n) is 2.99. The van der Waals surface area contributed by atoms with Crippen LogP contribution >= 0.6 is 11.6 Å². The first-order chi connectivity index (χ1) is 12.6. The maximum atomic E-state index is 12.0. The van der Waals surface area contributed by atoms with E-state index in [0.717, 1.165) is 45.3 Å². The normalized spacial score (nSPS) is 20.3. The van der Waals surface area contributed by atoms with Crippen LogP contribution in [0.2, 0.25) is 0 Å². The summed E-state index contributed by atoms with van der Waals surface area (Å²) < 4.78 is 5.29. The van der Waals surface area contributed by atoms with E-state index in [1.165, 1.54) is 24.1 Å². The lowest BCUT2D eigenvalue weighted by molar-refractivity contribution is -0.133. The van der Waals surface area contributed by atoms with E-state index in [1.54, 1.807) is 6.92 Å². The number of amides is 1. The van der Waals surface area contributed by atoms with Crippen LogP contribution < -0.4 is 5.32 Å². The lowest BCUT2D eigenvalue weighted by Gasteiger charge is -2.20. The fourth-order valence-corrected chi connectivity index (χ4v) is 3.04. The molecule has 1 N–H and O–H groups in total. The Hall–Kier alpha value is -1.33. The Morgan fingerprint density at radius 3 is 2.96 bits per heavy atom. The van der Waals surface area contributed by atoms with Gasteiger partial charge in [0.1, 0.15) is 11.8 Å². The molecule has 0 radical (unpaired) electrons. The van der Waals surface area contributed by atoms with Crippen molar-refractivity contribution in [2.75, 3.05) is 32.8 Å². The predicted octanol–water partition coefficient (Wildman–Crippen LogP) is 3.85. The van der Waals surface area contributed by atoms with Crippen LogP contribution in [0.3, 0.4) is 0 Å². The number of aliphatic imine (C=N–C) groups is 1. The van der Waals surface area contributed by atoms with Gasteiger partial charge in [0.2, 0.25) is 5.91 Å². The molecule has 0 bridgehead atoms. The van der Waals surface area contributed by atoms with Crippen LogP contribution in [0.25, 0.3) is 0 Å². The average Bonchev–Trinajstić information content (AvgIpc) is 3.45. The third kappa shape index (κ3) is 7.50. The second-order valence-corrected chi connectivity index (χ2v) is 7.51. The van der Waals surface area contributed by atoms with Gasteiger partial charge in [0, 0.05) is 38.1 Å². The first-order valence-corrected chi connectivity index (χ1v) is 10.2. The first kappa shape index (κ1) is 21.0. The van der Waals surface area contributed by atoms with Gasteiger partial charge in [-0.2, -0.15) is 0 Å². The first-order valence-electron chi connectivity index (χ1n) is 9.81. The molecule has 0 aromatic rings. The number of nitrogens with zero attached hydrogens (tertiary/aromatic N) is 2. The molecule has 1 aliphatic carbocycles. The van der Waals surface area contributed by atoms with Crippen molar-refractivity contribution in [3.63, 3.8) is 0 Å². The van der Waals surface area contributed by atoms with Gasteiger partial charge in [-0.25, -0.2) is 4.99 Å². The minimum Gasteiger partial charge on any atom is -0.385 e. The van der Waals surface area contributed by atoms with Crippen LogP contribution in [-0.2, 0) is 9.53 Å². The molecular weight excluding hydrogens is 350 g/mol. The molecule has 0 atom stereocenters. The number of rotatable bonds is 10. The van der Waals surface area contributed by atoms with Gasteiger partial charge in [-0.3, -0.25) is 4.79 Å². The molecule has 1 amide bonds. The zero-order chi connectivity index (χ0) is 18.8. The molecule has 6 heteroatoms. The van der Waals surface area contributed by atoms with E-state index in [-0.39, 0.29) is 12.5 Å². The molecular formula is C20H32ClN3O2. The van der Waals surface area contributed by atoms with Crippen molar-refractivity contribution in [3.05, 3.63) is 23.5 Å². The number of nitrogens with one attached hydrogen (secondary N) is 1. The Balaban J connectivity index is 1.90. The summed E-state index contributed by atoms with van der Waals surface area (Å²) in [6.07, 6.45) is 10.6. The van der Waals surface area contributed by atoms with Crippen LogP contribution in [0.5, 0.6) is 0 Å². The summed E-state index contributed by atoms with van der Waals surface area (Å²) in [4.78, 5) is 18.2. The Morgan fingerprint density at radius 1 is 1.46 bits per heavy atom. The number of ether oxygens (including phenoxy) is 1. The van der Waals surface area contributed by atoms with Gasteiger partial charge in [-0.05, 0) is 50.5 Å². The summed E-state index contributed by atoms with van der Waals surface area (Å²) in [6.45, 7) is 7.30. The van der Waals surface area contributed by atoms with Crippen molar-refractivity contribution in [2.24, 2.45) is 10.9 Å². The molecule has 2 fully saturated rings. The molecule has 1 aliphatic heterocycles. The summed E-state index contributed by atoms with van der Waals surface area (Å²) in [5.41, 5.74) is 2.44. The van der Waals surface area contributed by atoms with Gasteiger partial charge in [0.25, 0.3) is 0 Å². The van der Waals surface area contributed by atoms with Crippen LogP contribution in [0, 0.1) is 5.92 Å². The van der Waals surface area contributed by atoms with E-state index in [9.17, 15) is 4.79 Å². The van der Waals surface area contributed by atoms with Crippen molar-refractivity contribution in [1.29, 1.82) is 0 Å². The second kappa shape index (κ2) is 11.4. The Kier molecular flexibility index (Phi) is 9.19. The predicted molar refractivity (Wildman–Crippen MR) is 107 cm³/mol. The van der Waals surface area contributed by atoms with Gasteiger partial charge in [-0.1, -0.05) is 31.0 Å². The summed E-state index contributed by atoms with van der Waals surface area (Å²) in [6, 6.07) is 0. The zero-order valence-corrected chi connectivity index (χ0v) is 16.9. The highest BCUT2D eigenvalue weighted by Gasteiger charge is 2.28. The summed E-state index contributed by atoms with van der Waals surface area (Å²) in [7, 11) is 0. The number of hydrogen-bond acceptors (Lipinski definition) is 4. The minimum atomic E-state index is 0.106. The summed E-state index contributed by atoms with van der Waals surface area (Å²) in [5, 5.41) is 4.14. The van der Waals surface area contributed by atoms with Gasteiger partial charge in [-0.15, -0.1) is 0 Å². The highest BCUT2D eigenvalue weighted by molar-refractivity contribution is 6.64. The molecule has 1 saturated carbocycles. The molecule has 2 aliphatic rings. The Morgan fingerprint density at radius 2 is 2.27 bits per heavy atom.